The Labute approximate surface area is 162 Å². The lowest BCUT2D eigenvalue weighted by Crippen LogP contribution is -2.25. The van der Waals surface area contributed by atoms with Crippen molar-refractivity contribution in [3.8, 4) is 0 Å². The number of carbonyl (C=O) groups is 1. The van der Waals surface area contributed by atoms with Crippen LogP contribution in [-0.4, -0.2) is 35.6 Å². The van der Waals surface area contributed by atoms with E-state index in [1.54, 1.807) is 0 Å². The highest BCUT2D eigenvalue weighted by atomic mass is 16.5. The zero-order valence-electron chi connectivity index (χ0n) is 16.3. The number of alkyl carbamates (subject to hydrolysis) is 1. The van der Waals surface area contributed by atoms with E-state index in [0.29, 0.717) is 13.2 Å². The second kappa shape index (κ2) is 12.9. The molecule has 0 spiro atoms. The molecule has 0 unspecified atom stereocenters. The molecule has 1 aromatic carbocycles. The topological polar surface area (TPSA) is 54.5 Å². The van der Waals surface area contributed by atoms with E-state index >= 15 is 0 Å². The van der Waals surface area contributed by atoms with Crippen molar-refractivity contribution >= 4 is 6.09 Å². The number of unbranched alkanes of at least 4 members (excludes halogenated alkanes) is 3. The molecule has 1 heterocycles. The summed E-state index contributed by atoms with van der Waals surface area (Å²) in [5.74, 6) is 0. The van der Waals surface area contributed by atoms with E-state index in [0.717, 1.165) is 43.7 Å². The molecule has 0 saturated carbocycles. The first kappa shape index (κ1) is 20.9. The molecule has 5 nitrogen and oxygen atoms in total. The second-order valence-corrected chi connectivity index (χ2v) is 6.59. The van der Waals surface area contributed by atoms with Gasteiger partial charge < -0.3 is 10.1 Å². The van der Waals surface area contributed by atoms with Gasteiger partial charge in [-0.2, -0.15) is 0 Å². The van der Waals surface area contributed by atoms with E-state index in [9.17, 15) is 4.79 Å². The molecule has 0 fully saturated rings. The molecule has 0 atom stereocenters. The third-order valence-electron chi connectivity index (χ3n) is 4.44. The summed E-state index contributed by atoms with van der Waals surface area (Å²) < 4.78 is 5.20. The molecule has 146 valence electrons. The summed E-state index contributed by atoms with van der Waals surface area (Å²) >= 11 is 0. The van der Waals surface area contributed by atoms with Crippen molar-refractivity contribution in [3.63, 3.8) is 0 Å². The highest BCUT2D eigenvalue weighted by Crippen LogP contribution is 2.06. The van der Waals surface area contributed by atoms with Gasteiger partial charge in [0.15, 0.2) is 0 Å². The van der Waals surface area contributed by atoms with Gasteiger partial charge in [0.05, 0.1) is 5.69 Å². The molecule has 27 heavy (non-hydrogen) atoms. The Morgan fingerprint density at radius 3 is 2.56 bits per heavy atom. The quantitative estimate of drug-likeness (QED) is 0.564. The second-order valence-electron chi connectivity index (χ2n) is 6.59. The van der Waals surface area contributed by atoms with Crippen LogP contribution in [0.5, 0.6) is 0 Å². The Bertz CT molecular complexity index is 635. The summed E-state index contributed by atoms with van der Waals surface area (Å²) in [6, 6.07) is 15.8. The van der Waals surface area contributed by atoms with Crippen LogP contribution in [0.2, 0.25) is 0 Å². The van der Waals surface area contributed by atoms with Crippen molar-refractivity contribution in [2.45, 2.75) is 45.8 Å². The maximum Gasteiger partial charge on any atom is 0.407 e. The van der Waals surface area contributed by atoms with E-state index in [-0.39, 0.29) is 6.09 Å². The maximum absolute atomic E-state index is 11.7. The predicted octanol–water partition coefficient (Wildman–Crippen LogP) is 4.39. The molecule has 0 bridgehead atoms. The maximum atomic E-state index is 11.7. The van der Waals surface area contributed by atoms with E-state index in [2.05, 4.69) is 28.2 Å². The molecule has 1 N–H and O–H groups in total. The lowest BCUT2D eigenvalue weighted by atomic mass is 10.2. The third-order valence-corrected chi connectivity index (χ3v) is 4.44. The number of benzene rings is 1. The number of pyridine rings is 1. The van der Waals surface area contributed by atoms with Crippen molar-refractivity contribution in [1.29, 1.82) is 0 Å². The molecule has 0 saturated heterocycles. The van der Waals surface area contributed by atoms with Crippen LogP contribution in [0.25, 0.3) is 0 Å². The van der Waals surface area contributed by atoms with Crippen LogP contribution in [0.4, 0.5) is 4.79 Å². The van der Waals surface area contributed by atoms with Gasteiger partial charge in [-0.05, 0) is 43.6 Å². The molecule has 0 aliphatic heterocycles. The van der Waals surface area contributed by atoms with E-state index < -0.39 is 0 Å². The van der Waals surface area contributed by atoms with Crippen molar-refractivity contribution < 1.29 is 9.53 Å². The Hall–Kier alpha value is -2.40. The number of nitrogens with zero attached hydrogens (tertiary/aromatic N) is 2. The van der Waals surface area contributed by atoms with Gasteiger partial charge in [-0.1, -0.05) is 56.2 Å². The van der Waals surface area contributed by atoms with E-state index in [1.807, 2.05) is 48.7 Å². The smallest absolute Gasteiger partial charge is 0.407 e. The van der Waals surface area contributed by atoms with Crippen LogP contribution in [0.1, 0.15) is 43.9 Å². The normalized spacial score (nSPS) is 10.7. The molecule has 2 aromatic rings. The van der Waals surface area contributed by atoms with Crippen molar-refractivity contribution in [2.24, 2.45) is 0 Å². The highest BCUT2D eigenvalue weighted by molar-refractivity contribution is 5.67. The molecule has 2 rings (SSSR count). The average Bonchev–Trinajstić information content (AvgIpc) is 2.72. The average molecular weight is 370 g/mol. The minimum atomic E-state index is -0.341. The van der Waals surface area contributed by atoms with Gasteiger partial charge in [0.2, 0.25) is 0 Å². The number of amides is 1. The fraction of sp³-hybridized carbons (Fsp3) is 0.455. The Balaban J connectivity index is 1.47. The number of nitrogens with one attached hydrogen (secondary N) is 1. The predicted molar refractivity (Wildman–Crippen MR) is 108 cm³/mol. The molecule has 0 aliphatic rings. The highest BCUT2D eigenvalue weighted by Gasteiger charge is 2.05. The van der Waals surface area contributed by atoms with Gasteiger partial charge in [-0.25, -0.2) is 4.79 Å². The fourth-order valence-electron chi connectivity index (χ4n) is 2.85. The Morgan fingerprint density at radius 1 is 1.04 bits per heavy atom. The van der Waals surface area contributed by atoms with Crippen molar-refractivity contribution in [1.82, 2.24) is 15.2 Å². The number of hydrogen-bond donors (Lipinski definition) is 1. The lowest BCUT2D eigenvalue weighted by Gasteiger charge is -2.19. The van der Waals surface area contributed by atoms with Crippen LogP contribution in [0.15, 0.2) is 54.7 Å². The van der Waals surface area contributed by atoms with Gasteiger partial charge in [-0.3, -0.25) is 9.88 Å². The van der Waals surface area contributed by atoms with Gasteiger partial charge in [-0.15, -0.1) is 0 Å². The monoisotopic (exact) mass is 369 g/mol. The zero-order chi connectivity index (χ0) is 19.2. The van der Waals surface area contributed by atoms with Crippen LogP contribution >= 0.6 is 0 Å². The van der Waals surface area contributed by atoms with Crippen LogP contribution in [-0.2, 0) is 17.9 Å². The molecular weight excluding hydrogens is 338 g/mol. The standard InChI is InChI=1S/C22H31N3O2/c1-2-25(18-21-14-8-10-15-23-21)17-11-4-3-9-16-24-22(26)27-19-20-12-6-5-7-13-20/h5-8,10,12-15H,2-4,9,11,16-19H2,1H3,(H,24,26). The summed E-state index contributed by atoms with van der Waals surface area (Å²) in [5, 5.41) is 2.82. The summed E-state index contributed by atoms with van der Waals surface area (Å²) in [6.45, 7) is 6.19. The SMILES string of the molecule is CCN(CCCCCCNC(=O)OCc1ccccc1)Cc1ccccn1. The van der Waals surface area contributed by atoms with E-state index in [4.69, 9.17) is 4.74 Å². The Morgan fingerprint density at radius 2 is 1.81 bits per heavy atom. The number of carbonyl (C=O) groups excluding carboxylic acids is 1. The first-order valence-corrected chi connectivity index (χ1v) is 9.84. The van der Waals surface area contributed by atoms with Gasteiger partial charge >= 0.3 is 6.09 Å². The first-order chi connectivity index (χ1) is 13.3. The van der Waals surface area contributed by atoms with Crippen LogP contribution < -0.4 is 5.32 Å². The summed E-state index contributed by atoms with van der Waals surface area (Å²) in [5.41, 5.74) is 2.12. The number of aromatic nitrogens is 1. The first-order valence-electron chi connectivity index (χ1n) is 9.84. The minimum Gasteiger partial charge on any atom is -0.445 e. The molecule has 0 aliphatic carbocycles. The zero-order valence-corrected chi connectivity index (χ0v) is 16.3. The molecule has 1 aromatic heterocycles. The Kier molecular flexibility index (Phi) is 9.97. The van der Waals surface area contributed by atoms with Crippen molar-refractivity contribution in [3.05, 3.63) is 66.0 Å². The molecule has 5 heteroatoms. The summed E-state index contributed by atoms with van der Waals surface area (Å²) in [4.78, 5) is 18.5. The summed E-state index contributed by atoms with van der Waals surface area (Å²) in [7, 11) is 0. The molecule has 0 radical (unpaired) electrons. The van der Waals surface area contributed by atoms with E-state index in [1.165, 1.54) is 12.8 Å². The van der Waals surface area contributed by atoms with Gasteiger partial charge in [0.25, 0.3) is 0 Å². The largest absolute Gasteiger partial charge is 0.445 e. The summed E-state index contributed by atoms with van der Waals surface area (Å²) in [6.07, 6.45) is 5.93. The fourth-order valence-corrected chi connectivity index (χ4v) is 2.85. The number of hydrogen-bond acceptors (Lipinski definition) is 4. The molecule has 1 amide bonds. The van der Waals surface area contributed by atoms with Crippen LogP contribution in [0, 0.1) is 0 Å². The van der Waals surface area contributed by atoms with Crippen LogP contribution in [0.3, 0.4) is 0 Å². The van der Waals surface area contributed by atoms with Crippen molar-refractivity contribution in [2.75, 3.05) is 19.6 Å². The number of rotatable bonds is 12. The number of ether oxygens (including phenoxy) is 1. The minimum absolute atomic E-state index is 0.315. The molecular formula is C22H31N3O2. The lowest BCUT2D eigenvalue weighted by molar-refractivity contribution is 0.139. The third kappa shape index (κ3) is 9.20. The van der Waals surface area contributed by atoms with Gasteiger partial charge in [0, 0.05) is 19.3 Å². The van der Waals surface area contributed by atoms with Gasteiger partial charge in [0.1, 0.15) is 6.61 Å².